The van der Waals surface area contributed by atoms with Gasteiger partial charge in [0.15, 0.2) is 0 Å². The summed E-state index contributed by atoms with van der Waals surface area (Å²) < 4.78 is 0. The molecule has 2 nitrogen and oxygen atoms in total. The lowest BCUT2D eigenvalue weighted by molar-refractivity contribution is 0.137. The molecule has 1 aliphatic rings. The first-order chi connectivity index (χ1) is 6.77. The molecule has 0 spiro atoms. The van der Waals surface area contributed by atoms with Gasteiger partial charge in [0.2, 0.25) is 0 Å². The van der Waals surface area contributed by atoms with Gasteiger partial charge in [-0.15, -0.1) is 0 Å². The van der Waals surface area contributed by atoms with Crippen molar-refractivity contribution in [3.8, 4) is 0 Å². The van der Waals surface area contributed by atoms with Gasteiger partial charge in [-0.05, 0) is 38.8 Å². The van der Waals surface area contributed by atoms with Crippen molar-refractivity contribution >= 4 is 0 Å². The average Bonchev–Trinajstić information content (AvgIpc) is 2.19. The van der Waals surface area contributed by atoms with Crippen LogP contribution in [0.3, 0.4) is 0 Å². The molecule has 0 amide bonds. The summed E-state index contributed by atoms with van der Waals surface area (Å²) in [5.74, 6) is 0. The molecule has 0 saturated carbocycles. The molecule has 2 heteroatoms. The van der Waals surface area contributed by atoms with Gasteiger partial charge < -0.3 is 10.6 Å². The van der Waals surface area contributed by atoms with E-state index in [-0.39, 0.29) is 0 Å². The van der Waals surface area contributed by atoms with Gasteiger partial charge in [0.25, 0.3) is 0 Å². The van der Waals surface area contributed by atoms with Crippen molar-refractivity contribution in [2.45, 2.75) is 64.5 Å². The third-order valence-corrected chi connectivity index (χ3v) is 3.33. The molecule has 14 heavy (non-hydrogen) atoms. The Morgan fingerprint density at radius 3 is 2.07 bits per heavy atom. The first-order valence-electron chi connectivity index (χ1n) is 6.27. The predicted octanol–water partition coefficient (Wildman–Crippen LogP) is 2.38. The maximum absolute atomic E-state index is 5.92. The van der Waals surface area contributed by atoms with Crippen molar-refractivity contribution in [1.29, 1.82) is 0 Å². The fourth-order valence-corrected chi connectivity index (χ4v) is 2.46. The smallest absolute Gasteiger partial charge is 0.00950 e. The molecule has 0 unspecified atom stereocenters. The number of nitrogens with zero attached hydrogens (tertiary/aromatic N) is 1. The predicted molar refractivity (Wildman–Crippen MR) is 62.4 cm³/mol. The van der Waals surface area contributed by atoms with Crippen molar-refractivity contribution in [3.05, 3.63) is 0 Å². The van der Waals surface area contributed by atoms with Crippen LogP contribution < -0.4 is 5.73 Å². The molecule has 0 aliphatic carbocycles. The summed E-state index contributed by atoms with van der Waals surface area (Å²) in [6.07, 6.45) is 7.75. The Hall–Kier alpha value is -0.0800. The number of hydrogen-bond donors (Lipinski definition) is 1. The Labute approximate surface area is 88.8 Å². The molecule has 0 bridgehead atoms. The van der Waals surface area contributed by atoms with E-state index in [1.165, 1.54) is 51.6 Å². The van der Waals surface area contributed by atoms with Gasteiger partial charge in [0.05, 0.1) is 0 Å². The second kappa shape index (κ2) is 6.41. The summed E-state index contributed by atoms with van der Waals surface area (Å²) in [5.41, 5.74) is 5.92. The van der Waals surface area contributed by atoms with Crippen LogP contribution in [-0.2, 0) is 0 Å². The van der Waals surface area contributed by atoms with Crippen LogP contribution in [0.15, 0.2) is 0 Å². The van der Waals surface area contributed by atoms with Crippen molar-refractivity contribution in [2.75, 3.05) is 13.1 Å². The number of rotatable bonds is 5. The molecule has 0 aromatic rings. The van der Waals surface area contributed by atoms with Crippen LogP contribution in [0.5, 0.6) is 0 Å². The fourth-order valence-electron chi connectivity index (χ4n) is 2.46. The zero-order valence-electron chi connectivity index (χ0n) is 9.84. The quantitative estimate of drug-likeness (QED) is 0.735. The Morgan fingerprint density at radius 2 is 1.64 bits per heavy atom. The van der Waals surface area contributed by atoms with Crippen LogP contribution in [0.25, 0.3) is 0 Å². The van der Waals surface area contributed by atoms with Gasteiger partial charge in [0, 0.05) is 12.1 Å². The molecular formula is C12H26N2. The van der Waals surface area contributed by atoms with Crippen LogP contribution in [0.2, 0.25) is 0 Å². The molecule has 84 valence electrons. The zero-order valence-corrected chi connectivity index (χ0v) is 9.84. The highest BCUT2D eigenvalue weighted by Crippen LogP contribution is 2.18. The largest absolute Gasteiger partial charge is 0.328 e. The lowest BCUT2D eigenvalue weighted by atomic mass is 9.99. The molecule has 2 N–H and O–H groups in total. The summed E-state index contributed by atoms with van der Waals surface area (Å²) in [6, 6.07) is 1.30. The Bertz CT molecular complexity index is 133. The van der Waals surface area contributed by atoms with E-state index < -0.39 is 0 Å². The van der Waals surface area contributed by atoms with Gasteiger partial charge in [-0.25, -0.2) is 0 Å². The topological polar surface area (TPSA) is 29.3 Å². The van der Waals surface area contributed by atoms with Crippen LogP contribution in [0.1, 0.15) is 52.4 Å². The molecule has 1 fully saturated rings. The molecule has 0 radical (unpaired) electrons. The highest BCUT2D eigenvalue weighted by Gasteiger charge is 2.21. The number of hydrogen-bond acceptors (Lipinski definition) is 2. The van der Waals surface area contributed by atoms with Gasteiger partial charge >= 0.3 is 0 Å². The van der Waals surface area contributed by atoms with E-state index in [0.717, 1.165) is 6.04 Å². The van der Waals surface area contributed by atoms with E-state index in [2.05, 4.69) is 18.7 Å². The number of nitrogens with two attached hydrogens (primary N) is 1. The van der Waals surface area contributed by atoms with E-state index >= 15 is 0 Å². The molecule has 1 rings (SSSR count). The molecule has 1 heterocycles. The van der Waals surface area contributed by atoms with Crippen molar-refractivity contribution in [3.63, 3.8) is 0 Å². The Morgan fingerprint density at radius 1 is 1.14 bits per heavy atom. The van der Waals surface area contributed by atoms with Crippen LogP contribution >= 0.6 is 0 Å². The molecule has 0 atom stereocenters. The lowest BCUT2D eigenvalue weighted by Crippen LogP contribution is -2.45. The minimum Gasteiger partial charge on any atom is -0.328 e. The van der Waals surface area contributed by atoms with E-state index in [9.17, 15) is 0 Å². The molecule has 0 aromatic heterocycles. The zero-order chi connectivity index (χ0) is 10.4. The maximum atomic E-state index is 5.92. The van der Waals surface area contributed by atoms with Crippen molar-refractivity contribution in [1.82, 2.24) is 4.90 Å². The lowest BCUT2D eigenvalue weighted by Gasteiger charge is -2.36. The Kier molecular flexibility index (Phi) is 5.49. The van der Waals surface area contributed by atoms with Crippen LogP contribution in [-0.4, -0.2) is 30.1 Å². The number of piperidine rings is 1. The average molecular weight is 198 g/mol. The highest BCUT2D eigenvalue weighted by molar-refractivity contribution is 4.79. The van der Waals surface area contributed by atoms with E-state index in [1.807, 2.05) is 0 Å². The summed E-state index contributed by atoms with van der Waals surface area (Å²) in [5, 5.41) is 0. The van der Waals surface area contributed by atoms with E-state index in [0.29, 0.717) is 6.04 Å². The van der Waals surface area contributed by atoms with Gasteiger partial charge in [-0.1, -0.05) is 26.7 Å². The highest BCUT2D eigenvalue weighted by atomic mass is 15.2. The second-order valence-electron chi connectivity index (χ2n) is 4.60. The van der Waals surface area contributed by atoms with Gasteiger partial charge in [0.1, 0.15) is 0 Å². The first-order valence-corrected chi connectivity index (χ1v) is 6.27. The second-order valence-corrected chi connectivity index (χ2v) is 4.60. The summed E-state index contributed by atoms with van der Waals surface area (Å²) in [7, 11) is 0. The minimum absolute atomic E-state index is 0.468. The fraction of sp³-hybridized carbons (Fsp3) is 1.00. The van der Waals surface area contributed by atoms with Crippen LogP contribution in [0, 0.1) is 0 Å². The third-order valence-electron chi connectivity index (χ3n) is 3.33. The van der Waals surface area contributed by atoms with E-state index in [1.54, 1.807) is 0 Å². The third kappa shape index (κ3) is 3.58. The maximum Gasteiger partial charge on any atom is 0.00950 e. The SMILES string of the molecule is CCCC(CCC)N1CCC(N)CC1. The first kappa shape index (κ1) is 12.0. The van der Waals surface area contributed by atoms with Crippen molar-refractivity contribution < 1.29 is 0 Å². The summed E-state index contributed by atoms with van der Waals surface area (Å²) >= 11 is 0. The molecule has 1 saturated heterocycles. The molecule has 0 aromatic carbocycles. The standard InChI is InChI=1S/C12H26N2/c1-3-5-12(6-4-2)14-9-7-11(13)8-10-14/h11-12H,3-10,13H2,1-2H3. The minimum atomic E-state index is 0.468. The molecule has 1 aliphatic heterocycles. The number of likely N-dealkylation sites (tertiary alicyclic amines) is 1. The van der Waals surface area contributed by atoms with Crippen LogP contribution in [0.4, 0.5) is 0 Å². The van der Waals surface area contributed by atoms with Gasteiger partial charge in [-0.2, -0.15) is 0 Å². The van der Waals surface area contributed by atoms with Gasteiger partial charge in [-0.3, -0.25) is 0 Å². The summed E-state index contributed by atoms with van der Waals surface area (Å²) in [4.78, 5) is 2.66. The summed E-state index contributed by atoms with van der Waals surface area (Å²) in [6.45, 7) is 7.04. The monoisotopic (exact) mass is 198 g/mol. The van der Waals surface area contributed by atoms with E-state index in [4.69, 9.17) is 5.73 Å². The normalized spacial score (nSPS) is 20.6. The molecular weight excluding hydrogens is 172 g/mol. The Balaban J connectivity index is 2.34. The van der Waals surface area contributed by atoms with Crippen molar-refractivity contribution in [2.24, 2.45) is 5.73 Å².